The second-order valence-corrected chi connectivity index (χ2v) is 9.39. The van der Waals surface area contributed by atoms with Gasteiger partial charge in [-0.15, -0.1) is 0 Å². The van der Waals surface area contributed by atoms with Crippen molar-refractivity contribution >= 4 is 16.9 Å². The van der Waals surface area contributed by atoms with Gasteiger partial charge in [0.15, 0.2) is 5.76 Å². The van der Waals surface area contributed by atoms with Gasteiger partial charge in [-0.3, -0.25) is 4.79 Å². The van der Waals surface area contributed by atoms with Crippen LogP contribution in [-0.4, -0.2) is 19.1 Å². The van der Waals surface area contributed by atoms with Crippen molar-refractivity contribution in [3.8, 4) is 5.75 Å². The number of carbonyl (C=O) groups is 1. The number of furan rings is 1. The number of hydrogen-bond donors (Lipinski definition) is 1. The maximum Gasteiger partial charge on any atom is 0.287 e. The molecular formula is C23H29NO3. The molecule has 2 aromatic rings. The summed E-state index contributed by atoms with van der Waals surface area (Å²) in [5.41, 5.74) is 1.92. The van der Waals surface area contributed by atoms with Gasteiger partial charge in [-0.05, 0) is 93.7 Å². The number of fused-ring (bicyclic) bond motifs is 1. The fourth-order valence-corrected chi connectivity index (χ4v) is 6.67. The van der Waals surface area contributed by atoms with E-state index in [-0.39, 0.29) is 11.9 Å². The van der Waals surface area contributed by atoms with Crippen molar-refractivity contribution in [2.45, 2.75) is 58.4 Å². The molecule has 0 saturated heterocycles. The fraction of sp³-hybridized carbons (Fsp3) is 0.609. The van der Waals surface area contributed by atoms with Crippen LogP contribution in [0.5, 0.6) is 5.75 Å². The summed E-state index contributed by atoms with van der Waals surface area (Å²) in [6.45, 7) is 4.17. The molecule has 0 aliphatic heterocycles. The topological polar surface area (TPSA) is 51.5 Å². The minimum atomic E-state index is -0.0779. The van der Waals surface area contributed by atoms with Gasteiger partial charge in [-0.1, -0.05) is 0 Å². The van der Waals surface area contributed by atoms with Crippen molar-refractivity contribution in [3.05, 3.63) is 29.5 Å². The van der Waals surface area contributed by atoms with Crippen LogP contribution in [0.4, 0.5) is 0 Å². The van der Waals surface area contributed by atoms with E-state index in [2.05, 4.69) is 12.2 Å². The van der Waals surface area contributed by atoms with E-state index in [9.17, 15) is 4.79 Å². The third kappa shape index (κ3) is 2.67. The van der Waals surface area contributed by atoms with Crippen LogP contribution in [0, 0.1) is 30.1 Å². The summed E-state index contributed by atoms with van der Waals surface area (Å²) in [4.78, 5) is 13.1. The summed E-state index contributed by atoms with van der Waals surface area (Å²) < 4.78 is 11.2. The van der Waals surface area contributed by atoms with Crippen LogP contribution in [0.15, 0.2) is 22.6 Å². The first-order valence-electron chi connectivity index (χ1n) is 10.4. The maximum atomic E-state index is 13.1. The van der Waals surface area contributed by atoms with Crippen LogP contribution in [0.2, 0.25) is 0 Å². The Kier molecular flexibility index (Phi) is 3.82. The Balaban J connectivity index is 1.39. The SMILES string of the molecule is COc1ccc2oc(C(=O)N[C@@H](C)C34CC5CC(CC(C5)C3)C4)c(C)c2c1. The Hall–Kier alpha value is -1.97. The third-order valence-corrected chi connectivity index (χ3v) is 7.70. The molecule has 27 heavy (non-hydrogen) atoms. The van der Waals surface area contributed by atoms with Crippen molar-refractivity contribution < 1.29 is 13.9 Å². The molecule has 1 heterocycles. The summed E-state index contributed by atoms with van der Waals surface area (Å²) >= 11 is 0. The molecule has 4 fully saturated rings. The molecule has 1 amide bonds. The summed E-state index contributed by atoms with van der Waals surface area (Å²) in [5, 5.41) is 4.27. The third-order valence-electron chi connectivity index (χ3n) is 7.70. The lowest BCUT2D eigenvalue weighted by atomic mass is 9.48. The Morgan fingerprint density at radius 3 is 2.41 bits per heavy atom. The minimum absolute atomic E-state index is 0.0779. The van der Waals surface area contributed by atoms with Crippen molar-refractivity contribution in [2.75, 3.05) is 7.11 Å². The highest BCUT2D eigenvalue weighted by Gasteiger charge is 2.53. The van der Waals surface area contributed by atoms with Crippen molar-refractivity contribution in [1.82, 2.24) is 5.32 Å². The van der Waals surface area contributed by atoms with Gasteiger partial charge in [0.05, 0.1) is 7.11 Å². The lowest BCUT2D eigenvalue weighted by Crippen LogP contribution is -2.55. The first-order valence-corrected chi connectivity index (χ1v) is 10.4. The molecule has 4 heteroatoms. The van der Waals surface area contributed by atoms with Gasteiger partial charge >= 0.3 is 0 Å². The Morgan fingerprint density at radius 1 is 1.19 bits per heavy atom. The van der Waals surface area contributed by atoms with E-state index in [0.29, 0.717) is 11.2 Å². The van der Waals surface area contributed by atoms with E-state index < -0.39 is 0 Å². The van der Waals surface area contributed by atoms with Crippen LogP contribution < -0.4 is 10.1 Å². The second kappa shape index (κ2) is 6.02. The van der Waals surface area contributed by atoms with Crippen LogP contribution >= 0.6 is 0 Å². The number of ether oxygens (including phenoxy) is 1. The Labute approximate surface area is 160 Å². The van der Waals surface area contributed by atoms with Gasteiger partial charge in [-0.25, -0.2) is 0 Å². The first kappa shape index (κ1) is 17.2. The number of amides is 1. The van der Waals surface area contributed by atoms with Gasteiger partial charge in [0.2, 0.25) is 0 Å². The zero-order valence-corrected chi connectivity index (χ0v) is 16.5. The van der Waals surface area contributed by atoms with Gasteiger partial charge in [-0.2, -0.15) is 0 Å². The molecule has 1 atom stereocenters. The highest BCUT2D eigenvalue weighted by atomic mass is 16.5. The molecule has 1 aromatic heterocycles. The zero-order valence-electron chi connectivity index (χ0n) is 16.5. The lowest BCUT2D eigenvalue weighted by molar-refractivity contribution is -0.0688. The molecule has 4 saturated carbocycles. The minimum Gasteiger partial charge on any atom is -0.497 e. The highest BCUT2D eigenvalue weighted by molar-refractivity contribution is 5.99. The fourth-order valence-electron chi connectivity index (χ4n) is 6.67. The maximum absolute atomic E-state index is 13.1. The quantitative estimate of drug-likeness (QED) is 0.819. The van der Waals surface area contributed by atoms with E-state index in [0.717, 1.165) is 40.0 Å². The van der Waals surface area contributed by atoms with Crippen LogP contribution in [0.3, 0.4) is 0 Å². The summed E-state index contributed by atoms with van der Waals surface area (Å²) in [6.07, 6.45) is 8.13. The average Bonchev–Trinajstić information content (AvgIpc) is 2.97. The molecule has 6 rings (SSSR count). The number of nitrogens with one attached hydrogen (secondary N) is 1. The van der Waals surface area contributed by atoms with E-state index in [1.54, 1.807) is 7.11 Å². The second-order valence-electron chi connectivity index (χ2n) is 9.39. The number of carbonyl (C=O) groups excluding carboxylic acids is 1. The molecule has 1 N–H and O–H groups in total. The summed E-state index contributed by atoms with van der Waals surface area (Å²) in [5.74, 6) is 3.80. The van der Waals surface area contributed by atoms with E-state index >= 15 is 0 Å². The molecular weight excluding hydrogens is 338 g/mol. The first-order chi connectivity index (χ1) is 13.0. The molecule has 4 aliphatic rings. The smallest absolute Gasteiger partial charge is 0.287 e. The molecule has 0 spiro atoms. The highest BCUT2D eigenvalue weighted by Crippen LogP contribution is 2.61. The van der Waals surface area contributed by atoms with E-state index in [1.165, 1.54) is 38.5 Å². The van der Waals surface area contributed by atoms with Gasteiger partial charge in [0.1, 0.15) is 11.3 Å². The molecule has 4 bridgehead atoms. The lowest BCUT2D eigenvalue weighted by Gasteiger charge is -2.59. The molecule has 144 valence electrons. The normalized spacial score (nSPS) is 32.6. The van der Waals surface area contributed by atoms with Gasteiger partial charge in [0.25, 0.3) is 5.91 Å². The molecule has 4 aliphatic carbocycles. The van der Waals surface area contributed by atoms with Crippen molar-refractivity contribution in [3.63, 3.8) is 0 Å². The molecule has 4 nitrogen and oxygen atoms in total. The van der Waals surface area contributed by atoms with Crippen LogP contribution in [-0.2, 0) is 0 Å². The predicted molar refractivity (Wildman–Crippen MR) is 105 cm³/mol. The number of rotatable bonds is 4. The molecule has 0 radical (unpaired) electrons. The number of aryl methyl sites for hydroxylation is 1. The average molecular weight is 367 g/mol. The van der Waals surface area contributed by atoms with E-state index in [4.69, 9.17) is 9.15 Å². The van der Waals surface area contributed by atoms with Gasteiger partial charge < -0.3 is 14.5 Å². The van der Waals surface area contributed by atoms with Crippen molar-refractivity contribution in [2.24, 2.45) is 23.2 Å². The number of benzene rings is 1. The molecule has 1 aromatic carbocycles. The Morgan fingerprint density at radius 2 is 1.81 bits per heavy atom. The van der Waals surface area contributed by atoms with Crippen LogP contribution in [0.25, 0.3) is 11.0 Å². The molecule has 0 unspecified atom stereocenters. The zero-order chi connectivity index (χ0) is 18.8. The van der Waals surface area contributed by atoms with Crippen molar-refractivity contribution in [1.29, 1.82) is 0 Å². The predicted octanol–water partition coefficient (Wildman–Crippen LogP) is 5.08. The number of methoxy groups -OCH3 is 1. The van der Waals surface area contributed by atoms with Crippen LogP contribution in [0.1, 0.15) is 61.6 Å². The largest absolute Gasteiger partial charge is 0.497 e. The van der Waals surface area contributed by atoms with Gasteiger partial charge in [0, 0.05) is 17.0 Å². The number of hydrogen-bond acceptors (Lipinski definition) is 3. The Bertz CT molecular complexity index is 861. The monoisotopic (exact) mass is 367 g/mol. The summed E-state index contributed by atoms with van der Waals surface area (Å²) in [6, 6.07) is 5.87. The standard InChI is InChI=1S/C23H29NO3/c1-13-19-9-18(26-3)4-5-20(19)27-21(13)22(25)24-14(2)23-10-15-6-16(11-23)8-17(7-15)12-23/h4-5,9,14-17H,6-8,10-12H2,1-3H3,(H,24,25)/t14-,15?,16?,17?,23?/m0/s1. The summed E-state index contributed by atoms with van der Waals surface area (Å²) in [7, 11) is 1.65. The van der Waals surface area contributed by atoms with E-state index in [1.807, 2.05) is 25.1 Å².